The Morgan fingerprint density at radius 3 is 2.79 bits per heavy atom. The zero-order chi connectivity index (χ0) is 13.7. The summed E-state index contributed by atoms with van der Waals surface area (Å²) in [5, 5.41) is 2.79. The predicted octanol–water partition coefficient (Wildman–Crippen LogP) is 1.53. The van der Waals surface area contributed by atoms with Gasteiger partial charge in [-0.2, -0.15) is 0 Å². The molecule has 1 saturated heterocycles. The van der Waals surface area contributed by atoms with E-state index < -0.39 is 0 Å². The quantitative estimate of drug-likeness (QED) is 0.896. The van der Waals surface area contributed by atoms with Crippen LogP contribution in [0.4, 0.5) is 0 Å². The van der Waals surface area contributed by atoms with Gasteiger partial charge in [0.25, 0.3) is 0 Å². The van der Waals surface area contributed by atoms with Gasteiger partial charge in [0.1, 0.15) is 0 Å². The Balaban J connectivity index is 2.14. The number of hydrogen-bond acceptors (Lipinski definition) is 2. The molecule has 4 heteroatoms. The summed E-state index contributed by atoms with van der Waals surface area (Å²) >= 11 is 0. The van der Waals surface area contributed by atoms with Crippen molar-refractivity contribution in [1.82, 2.24) is 10.2 Å². The first-order valence-electron chi connectivity index (χ1n) is 6.82. The number of carbonyl (C=O) groups excluding carboxylic acids is 2. The molecule has 1 aromatic rings. The molecular weight excluding hydrogens is 240 g/mol. The van der Waals surface area contributed by atoms with Gasteiger partial charge in [0, 0.05) is 13.1 Å². The van der Waals surface area contributed by atoms with Gasteiger partial charge < -0.3 is 10.2 Å². The molecule has 0 bridgehead atoms. The van der Waals surface area contributed by atoms with E-state index in [0.717, 1.165) is 18.4 Å². The second-order valence-electron chi connectivity index (χ2n) is 4.83. The average Bonchev–Trinajstić information content (AvgIpc) is 2.65. The lowest BCUT2D eigenvalue weighted by atomic mass is 9.95. The average molecular weight is 260 g/mol. The summed E-state index contributed by atoms with van der Waals surface area (Å²) in [6, 6.07) is 9.79. The highest BCUT2D eigenvalue weighted by atomic mass is 16.2. The van der Waals surface area contributed by atoms with Crippen molar-refractivity contribution in [1.29, 1.82) is 0 Å². The molecule has 0 spiro atoms. The lowest BCUT2D eigenvalue weighted by molar-refractivity contribution is -0.136. The third-order valence-corrected chi connectivity index (χ3v) is 3.48. The van der Waals surface area contributed by atoms with E-state index in [-0.39, 0.29) is 24.3 Å². The van der Waals surface area contributed by atoms with Crippen LogP contribution in [0.5, 0.6) is 0 Å². The van der Waals surface area contributed by atoms with Crippen molar-refractivity contribution in [3.63, 3.8) is 0 Å². The second-order valence-corrected chi connectivity index (χ2v) is 4.83. The Hall–Kier alpha value is -1.84. The third-order valence-electron chi connectivity index (χ3n) is 3.48. The minimum Gasteiger partial charge on any atom is -0.354 e. The van der Waals surface area contributed by atoms with Gasteiger partial charge in [-0.1, -0.05) is 37.3 Å². The third kappa shape index (κ3) is 3.34. The number of carbonyl (C=O) groups is 2. The first kappa shape index (κ1) is 13.6. The molecule has 4 nitrogen and oxygen atoms in total. The molecule has 1 aromatic carbocycles. The van der Waals surface area contributed by atoms with Gasteiger partial charge in [0.2, 0.25) is 11.8 Å². The highest BCUT2D eigenvalue weighted by molar-refractivity contribution is 5.88. The molecule has 1 aliphatic rings. The molecule has 0 aliphatic carbocycles. The first-order valence-corrected chi connectivity index (χ1v) is 6.82. The number of amides is 2. The van der Waals surface area contributed by atoms with E-state index >= 15 is 0 Å². The standard InChI is InChI=1S/C15H20N2O2/c1-2-13(12-7-4-3-5-8-12)15(19)17-10-6-9-16-14(18)11-17/h3-5,7-8,13H,2,6,9-11H2,1H3,(H,16,18). The van der Waals surface area contributed by atoms with Gasteiger partial charge in [-0.25, -0.2) is 0 Å². The van der Waals surface area contributed by atoms with Crippen LogP contribution < -0.4 is 5.32 Å². The van der Waals surface area contributed by atoms with Crippen LogP contribution in [0, 0.1) is 0 Å². The van der Waals surface area contributed by atoms with E-state index in [2.05, 4.69) is 5.32 Å². The Bertz CT molecular complexity index is 445. The van der Waals surface area contributed by atoms with Gasteiger partial charge >= 0.3 is 0 Å². The Kier molecular flexibility index (Phi) is 4.55. The minimum absolute atomic E-state index is 0.0609. The smallest absolute Gasteiger partial charge is 0.239 e. The van der Waals surface area contributed by atoms with Crippen molar-refractivity contribution in [2.45, 2.75) is 25.7 Å². The molecule has 1 N–H and O–H groups in total. The van der Waals surface area contributed by atoms with E-state index in [1.807, 2.05) is 37.3 Å². The minimum atomic E-state index is -0.146. The van der Waals surface area contributed by atoms with Crippen molar-refractivity contribution in [3.05, 3.63) is 35.9 Å². The molecule has 19 heavy (non-hydrogen) atoms. The monoisotopic (exact) mass is 260 g/mol. The van der Waals surface area contributed by atoms with Crippen LogP contribution in [0.15, 0.2) is 30.3 Å². The molecule has 0 saturated carbocycles. The molecule has 1 aliphatic heterocycles. The molecule has 102 valence electrons. The Morgan fingerprint density at radius 1 is 1.37 bits per heavy atom. The van der Waals surface area contributed by atoms with Crippen LogP contribution in [-0.4, -0.2) is 36.3 Å². The van der Waals surface area contributed by atoms with Crippen LogP contribution in [-0.2, 0) is 9.59 Å². The fourth-order valence-electron chi connectivity index (χ4n) is 2.45. The molecule has 1 unspecified atom stereocenters. The molecule has 2 amide bonds. The van der Waals surface area contributed by atoms with Gasteiger partial charge in [-0.15, -0.1) is 0 Å². The van der Waals surface area contributed by atoms with Crippen LogP contribution in [0.3, 0.4) is 0 Å². The van der Waals surface area contributed by atoms with Crippen LogP contribution in [0.25, 0.3) is 0 Å². The number of hydrogen-bond donors (Lipinski definition) is 1. The van der Waals surface area contributed by atoms with E-state index in [4.69, 9.17) is 0 Å². The van der Waals surface area contributed by atoms with Crippen LogP contribution >= 0.6 is 0 Å². The summed E-state index contributed by atoms with van der Waals surface area (Å²) in [7, 11) is 0. The van der Waals surface area contributed by atoms with Gasteiger partial charge in [-0.3, -0.25) is 9.59 Å². The summed E-state index contributed by atoms with van der Waals surface area (Å²) in [6.07, 6.45) is 1.57. The highest BCUT2D eigenvalue weighted by Gasteiger charge is 2.26. The van der Waals surface area contributed by atoms with Crippen molar-refractivity contribution in [2.24, 2.45) is 0 Å². The number of nitrogens with zero attached hydrogens (tertiary/aromatic N) is 1. The number of benzene rings is 1. The number of rotatable bonds is 3. The van der Waals surface area contributed by atoms with Crippen molar-refractivity contribution in [3.8, 4) is 0 Å². The summed E-state index contributed by atoms with van der Waals surface area (Å²) in [5.41, 5.74) is 1.03. The van der Waals surface area contributed by atoms with Crippen LogP contribution in [0.1, 0.15) is 31.2 Å². The van der Waals surface area contributed by atoms with Crippen LogP contribution in [0.2, 0.25) is 0 Å². The van der Waals surface area contributed by atoms with Gasteiger partial charge in [0.15, 0.2) is 0 Å². The largest absolute Gasteiger partial charge is 0.354 e. The molecule has 0 radical (unpaired) electrons. The zero-order valence-electron chi connectivity index (χ0n) is 11.3. The van der Waals surface area contributed by atoms with E-state index in [1.54, 1.807) is 4.90 Å². The SMILES string of the molecule is CCC(C(=O)N1CCCNC(=O)C1)c1ccccc1. The van der Waals surface area contributed by atoms with Crippen molar-refractivity contribution >= 4 is 11.8 Å². The normalized spacial score (nSPS) is 17.5. The second kappa shape index (κ2) is 6.36. The zero-order valence-corrected chi connectivity index (χ0v) is 11.3. The van der Waals surface area contributed by atoms with E-state index in [1.165, 1.54) is 0 Å². The predicted molar refractivity (Wildman–Crippen MR) is 73.7 cm³/mol. The summed E-state index contributed by atoms with van der Waals surface area (Å²) in [6.45, 7) is 3.50. The number of nitrogens with one attached hydrogen (secondary N) is 1. The maximum Gasteiger partial charge on any atom is 0.239 e. The molecule has 2 rings (SSSR count). The summed E-state index contributed by atoms with van der Waals surface area (Å²) in [4.78, 5) is 25.8. The topological polar surface area (TPSA) is 49.4 Å². The van der Waals surface area contributed by atoms with E-state index in [0.29, 0.717) is 13.1 Å². The maximum atomic E-state index is 12.6. The highest BCUT2D eigenvalue weighted by Crippen LogP contribution is 2.22. The Labute approximate surface area is 113 Å². The Morgan fingerprint density at radius 2 is 2.11 bits per heavy atom. The van der Waals surface area contributed by atoms with E-state index in [9.17, 15) is 9.59 Å². The maximum absolute atomic E-state index is 12.6. The fourth-order valence-corrected chi connectivity index (χ4v) is 2.45. The molecule has 1 heterocycles. The molecule has 1 atom stereocenters. The lowest BCUT2D eigenvalue weighted by Crippen LogP contribution is -2.39. The molecular formula is C15H20N2O2. The lowest BCUT2D eigenvalue weighted by Gasteiger charge is -2.24. The van der Waals surface area contributed by atoms with Gasteiger partial charge in [0.05, 0.1) is 12.5 Å². The summed E-state index contributed by atoms with van der Waals surface area (Å²) in [5.74, 6) is -0.147. The molecule has 1 fully saturated rings. The first-order chi connectivity index (χ1) is 9.22. The fraction of sp³-hybridized carbons (Fsp3) is 0.467. The van der Waals surface area contributed by atoms with Crippen molar-refractivity contribution in [2.75, 3.05) is 19.6 Å². The molecule has 0 aromatic heterocycles. The summed E-state index contributed by atoms with van der Waals surface area (Å²) < 4.78 is 0. The van der Waals surface area contributed by atoms with Gasteiger partial charge in [-0.05, 0) is 18.4 Å². The van der Waals surface area contributed by atoms with Crippen molar-refractivity contribution < 1.29 is 9.59 Å².